The Labute approximate surface area is 215 Å². The Hall–Kier alpha value is -1.52. The Morgan fingerprint density at radius 1 is 0.750 bits per heavy atom. The highest BCUT2D eigenvalue weighted by Gasteiger charge is 2.28. The Morgan fingerprint density at radius 2 is 1.28 bits per heavy atom. The van der Waals surface area contributed by atoms with Crippen molar-refractivity contribution in [3.05, 3.63) is 0 Å². The van der Waals surface area contributed by atoms with Gasteiger partial charge in [-0.3, -0.25) is 23.4 Å². The molecule has 4 N–H and O–H groups in total. The molecule has 3 atom stereocenters. The summed E-state index contributed by atoms with van der Waals surface area (Å²) in [6.07, 6.45) is 12.4. The second kappa shape index (κ2) is 21.6. The van der Waals surface area contributed by atoms with Crippen LogP contribution in [0.4, 0.5) is 0 Å². The number of carboxylic acid groups (broad SMARTS) is 1. The van der Waals surface area contributed by atoms with Crippen LogP contribution < -0.4 is 5.73 Å². The lowest BCUT2D eigenvalue weighted by Gasteiger charge is -2.20. The van der Waals surface area contributed by atoms with Crippen LogP contribution in [0.2, 0.25) is 0 Å². The molecule has 0 aromatic rings. The number of phosphoric acid groups is 1. The molecule has 212 valence electrons. The summed E-state index contributed by atoms with van der Waals surface area (Å²) in [5, 5.41) is 8.72. The van der Waals surface area contributed by atoms with Gasteiger partial charge in [-0.25, -0.2) is 4.57 Å². The third-order valence-electron chi connectivity index (χ3n) is 5.32. The SMILES string of the molecule is CCCCCCCCCCCCCC(=O)OC(COC(=O)CCC)COP(=O)(O)OCC(N)C(=O)O. The first-order chi connectivity index (χ1) is 17.1. The molecule has 3 unspecified atom stereocenters. The second-order valence-electron chi connectivity index (χ2n) is 8.84. The fraction of sp³-hybridized carbons (Fsp3) is 0.875. The van der Waals surface area contributed by atoms with Gasteiger partial charge in [0.15, 0.2) is 6.10 Å². The summed E-state index contributed by atoms with van der Waals surface area (Å²) in [7, 11) is -4.67. The number of phosphoric ester groups is 1. The van der Waals surface area contributed by atoms with Crippen LogP contribution in [-0.4, -0.2) is 59.9 Å². The van der Waals surface area contributed by atoms with E-state index in [1.165, 1.54) is 44.9 Å². The van der Waals surface area contributed by atoms with Crippen LogP contribution in [0.25, 0.3) is 0 Å². The molecular weight excluding hydrogens is 493 g/mol. The van der Waals surface area contributed by atoms with Gasteiger partial charge in [0, 0.05) is 12.8 Å². The van der Waals surface area contributed by atoms with Gasteiger partial charge in [-0.05, 0) is 12.8 Å². The zero-order chi connectivity index (χ0) is 27.2. The van der Waals surface area contributed by atoms with Crippen LogP contribution in [0, 0.1) is 0 Å². The first-order valence-corrected chi connectivity index (χ1v) is 14.6. The van der Waals surface area contributed by atoms with E-state index < -0.39 is 51.1 Å². The first-order valence-electron chi connectivity index (χ1n) is 13.1. The fourth-order valence-corrected chi connectivity index (χ4v) is 4.00. The molecule has 11 nitrogen and oxygen atoms in total. The Morgan fingerprint density at radius 3 is 1.81 bits per heavy atom. The lowest BCUT2D eigenvalue weighted by molar-refractivity contribution is -0.161. The molecule has 0 radical (unpaired) electrons. The van der Waals surface area contributed by atoms with E-state index in [1.54, 1.807) is 6.92 Å². The van der Waals surface area contributed by atoms with Gasteiger partial charge >= 0.3 is 25.7 Å². The number of carbonyl (C=O) groups is 3. The van der Waals surface area contributed by atoms with Gasteiger partial charge in [-0.2, -0.15) is 0 Å². The number of aliphatic carboxylic acids is 1. The minimum absolute atomic E-state index is 0.164. The minimum Gasteiger partial charge on any atom is -0.480 e. The monoisotopic (exact) mass is 539 g/mol. The molecule has 0 spiro atoms. The number of carboxylic acids is 1. The third kappa shape index (κ3) is 20.7. The fourth-order valence-electron chi connectivity index (χ4n) is 3.22. The lowest BCUT2D eigenvalue weighted by Crippen LogP contribution is -2.34. The molecule has 0 fully saturated rings. The van der Waals surface area contributed by atoms with Gasteiger partial charge in [0.1, 0.15) is 12.6 Å². The van der Waals surface area contributed by atoms with Crippen molar-refractivity contribution in [1.29, 1.82) is 0 Å². The molecule has 12 heteroatoms. The predicted octanol–water partition coefficient (Wildman–Crippen LogP) is 4.49. The number of rotatable bonds is 24. The zero-order valence-corrected chi connectivity index (χ0v) is 22.8. The van der Waals surface area contributed by atoms with E-state index in [4.69, 9.17) is 24.8 Å². The summed E-state index contributed by atoms with van der Waals surface area (Å²) in [6, 6.07) is -1.51. The maximum Gasteiger partial charge on any atom is 0.472 e. The highest BCUT2D eigenvalue weighted by molar-refractivity contribution is 7.47. The number of hydrogen-bond donors (Lipinski definition) is 3. The van der Waals surface area contributed by atoms with Gasteiger partial charge in [0.2, 0.25) is 0 Å². The van der Waals surface area contributed by atoms with Crippen molar-refractivity contribution in [2.75, 3.05) is 19.8 Å². The number of nitrogens with two attached hydrogens (primary N) is 1. The summed E-state index contributed by atoms with van der Waals surface area (Å²) < 4.78 is 31.6. The molecule has 0 amide bonds. The molecule has 0 heterocycles. The van der Waals surface area contributed by atoms with Crippen LogP contribution in [0.1, 0.15) is 104 Å². The van der Waals surface area contributed by atoms with E-state index in [0.29, 0.717) is 12.8 Å². The van der Waals surface area contributed by atoms with E-state index in [9.17, 15) is 23.8 Å². The molecule has 0 aliphatic heterocycles. The van der Waals surface area contributed by atoms with Gasteiger partial charge in [-0.1, -0.05) is 78.1 Å². The van der Waals surface area contributed by atoms with Crippen LogP contribution in [0.5, 0.6) is 0 Å². The second-order valence-corrected chi connectivity index (χ2v) is 10.3. The van der Waals surface area contributed by atoms with Crippen LogP contribution in [0.3, 0.4) is 0 Å². The number of hydrogen-bond acceptors (Lipinski definition) is 9. The maximum atomic E-state index is 12.2. The van der Waals surface area contributed by atoms with Crippen molar-refractivity contribution in [2.45, 2.75) is 116 Å². The van der Waals surface area contributed by atoms with Crippen molar-refractivity contribution in [2.24, 2.45) is 5.73 Å². The normalized spacial score (nSPS) is 14.6. The molecular formula is C24H46NO10P. The van der Waals surface area contributed by atoms with E-state index in [2.05, 4.69) is 11.4 Å². The first kappa shape index (κ1) is 34.5. The third-order valence-corrected chi connectivity index (χ3v) is 6.28. The van der Waals surface area contributed by atoms with Crippen molar-refractivity contribution >= 4 is 25.7 Å². The molecule has 0 saturated heterocycles. The average Bonchev–Trinajstić information content (AvgIpc) is 2.82. The molecule has 0 aliphatic carbocycles. The smallest absolute Gasteiger partial charge is 0.472 e. The van der Waals surface area contributed by atoms with Crippen molar-refractivity contribution in [1.82, 2.24) is 0 Å². The molecule has 0 aliphatic rings. The van der Waals surface area contributed by atoms with Crippen molar-refractivity contribution in [3.63, 3.8) is 0 Å². The van der Waals surface area contributed by atoms with Crippen LogP contribution >= 0.6 is 7.82 Å². The molecule has 0 aromatic heterocycles. The van der Waals surface area contributed by atoms with E-state index in [0.717, 1.165) is 19.3 Å². The van der Waals surface area contributed by atoms with Crippen LogP contribution in [0.15, 0.2) is 0 Å². The van der Waals surface area contributed by atoms with E-state index >= 15 is 0 Å². The lowest BCUT2D eigenvalue weighted by atomic mass is 10.1. The summed E-state index contributed by atoms with van der Waals surface area (Å²) >= 11 is 0. The largest absolute Gasteiger partial charge is 0.480 e. The van der Waals surface area contributed by atoms with Gasteiger partial charge in [0.25, 0.3) is 0 Å². The number of carbonyl (C=O) groups excluding carboxylic acids is 2. The standard InChI is InChI=1S/C24H46NO10P/c1-3-5-6-7-8-9-10-11-12-13-14-16-23(27)35-20(17-32-22(26)15-4-2)18-33-36(30,31)34-19-21(25)24(28)29/h20-21H,3-19,25H2,1-2H3,(H,28,29)(H,30,31). The molecule has 36 heavy (non-hydrogen) atoms. The topological polar surface area (TPSA) is 172 Å². The van der Waals surface area contributed by atoms with Crippen molar-refractivity contribution in [3.8, 4) is 0 Å². The minimum atomic E-state index is -4.67. The summed E-state index contributed by atoms with van der Waals surface area (Å²) in [5.74, 6) is -2.44. The molecule has 0 bridgehead atoms. The molecule has 0 rings (SSSR count). The van der Waals surface area contributed by atoms with Gasteiger partial charge in [0.05, 0.1) is 13.2 Å². The molecule has 0 saturated carbocycles. The number of ether oxygens (including phenoxy) is 2. The quantitative estimate of drug-likeness (QED) is 0.0896. The summed E-state index contributed by atoms with van der Waals surface area (Å²) in [4.78, 5) is 44.3. The highest BCUT2D eigenvalue weighted by Crippen LogP contribution is 2.43. The predicted molar refractivity (Wildman–Crippen MR) is 134 cm³/mol. The average molecular weight is 540 g/mol. The number of esters is 2. The number of unbranched alkanes of at least 4 members (excludes halogenated alkanes) is 10. The molecule has 0 aromatic carbocycles. The Balaban J connectivity index is 4.37. The highest BCUT2D eigenvalue weighted by atomic mass is 31.2. The van der Waals surface area contributed by atoms with Crippen LogP contribution in [-0.2, 0) is 37.5 Å². The Kier molecular flexibility index (Phi) is 20.6. The summed E-state index contributed by atoms with van der Waals surface area (Å²) in [6.45, 7) is 2.32. The summed E-state index contributed by atoms with van der Waals surface area (Å²) in [5.41, 5.74) is 5.23. The van der Waals surface area contributed by atoms with E-state index in [-0.39, 0.29) is 19.4 Å². The van der Waals surface area contributed by atoms with Crippen molar-refractivity contribution < 1.29 is 47.5 Å². The van der Waals surface area contributed by atoms with Gasteiger partial charge in [-0.15, -0.1) is 0 Å². The Bertz CT molecular complexity index is 661. The van der Waals surface area contributed by atoms with E-state index in [1.807, 2.05) is 0 Å². The zero-order valence-electron chi connectivity index (χ0n) is 21.9. The van der Waals surface area contributed by atoms with Gasteiger partial charge < -0.3 is 25.2 Å². The maximum absolute atomic E-state index is 12.2.